The van der Waals surface area contributed by atoms with Crippen LogP contribution in [0.1, 0.15) is 23.6 Å². The molecule has 0 aromatic heterocycles. The van der Waals surface area contributed by atoms with Gasteiger partial charge >= 0.3 is 0 Å². The zero-order chi connectivity index (χ0) is 20.3. The molecular weight excluding hydrogens is 380 g/mol. The standard InChI is InChI=1S/C23H26N4O3/c28-23(27-20(8-9-24-27)19-4-2-1-3-5-19)16-26-12-10-25(11-13-26)15-18-6-7-21-22(14-18)30-17-29-21/h1-7,9,14,20H,8,10-13,15-17H2/p+2/t20-/m0/s1. The van der Waals surface area contributed by atoms with Crippen LogP contribution in [0.25, 0.3) is 0 Å². The van der Waals surface area contributed by atoms with Gasteiger partial charge < -0.3 is 19.3 Å². The van der Waals surface area contributed by atoms with Gasteiger partial charge in [-0.1, -0.05) is 30.3 Å². The summed E-state index contributed by atoms with van der Waals surface area (Å²) < 4.78 is 10.9. The summed E-state index contributed by atoms with van der Waals surface area (Å²) in [4.78, 5) is 15.8. The number of fused-ring (bicyclic) bond motifs is 1. The fourth-order valence-electron chi connectivity index (χ4n) is 4.55. The Morgan fingerprint density at radius 2 is 1.77 bits per heavy atom. The lowest BCUT2D eigenvalue weighted by Crippen LogP contribution is -3.28. The van der Waals surface area contributed by atoms with Gasteiger partial charge in [-0.05, 0) is 23.8 Å². The third-order valence-electron chi connectivity index (χ3n) is 6.23. The zero-order valence-corrected chi connectivity index (χ0v) is 17.0. The first-order valence-corrected chi connectivity index (χ1v) is 10.7. The molecule has 1 saturated heterocycles. The van der Waals surface area contributed by atoms with Crippen molar-refractivity contribution in [2.24, 2.45) is 5.10 Å². The molecule has 3 heterocycles. The lowest BCUT2D eigenvalue weighted by molar-refractivity contribution is -1.02. The predicted molar refractivity (Wildman–Crippen MR) is 112 cm³/mol. The van der Waals surface area contributed by atoms with Gasteiger partial charge in [-0.15, -0.1) is 0 Å². The van der Waals surface area contributed by atoms with Crippen molar-refractivity contribution in [3.63, 3.8) is 0 Å². The van der Waals surface area contributed by atoms with E-state index in [2.05, 4.69) is 29.4 Å². The van der Waals surface area contributed by atoms with Crippen LogP contribution in [0, 0.1) is 0 Å². The van der Waals surface area contributed by atoms with E-state index in [1.54, 1.807) is 9.91 Å². The molecule has 1 fully saturated rings. The number of piperazine rings is 1. The van der Waals surface area contributed by atoms with Gasteiger partial charge in [0.2, 0.25) is 6.79 Å². The van der Waals surface area contributed by atoms with Crippen molar-refractivity contribution < 1.29 is 24.1 Å². The van der Waals surface area contributed by atoms with Crippen molar-refractivity contribution in [3.05, 3.63) is 59.7 Å². The molecule has 0 saturated carbocycles. The molecule has 0 unspecified atom stereocenters. The van der Waals surface area contributed by atoms with E-state index in [1.807, 2.05) is 30.5 Å². The summed E-state index contributed by atoms with van der Waals surface area (Å²) >= 11 is 0. The maximum atomic E-state index is 12.9. The molecule has 2 N–H and O–H groups in total. The summed E-state index contributed by atoms with van der Waals surface area (Å²) in [5.74, 6) is 1.80. The average Bonchev–Trinajstić information content (AvgIpc) is 3.45. The minimum Gasteiger partial charge on any atom is -0.454 e. The molecule has 0 spiro atoms. The second-order valence-corrected chi connectivity index (χ2v) is 8.24. The van der Waals surface area contributed by atoms with E-state index < -0.39 is 0 Å². The fraction of sp³-hybridized carbons (Fsp3) is 0.391. The Morgan fingerprint density at radius 3 is 2.60 bits per heavy atom. The number of rotatable bonds is 5. The summed E-state index contributed by atoms with van der Waals surface area (Å²) in [5, 5.41) is 6.07. The van der Waals surface area contributed by atoms with E-state index in [9.17, 15) is 4.79 Å². The Bertz CT molecular complexity index is 925. The maximum absolute atomic E-state index is 12.9. The topological polar surface area (TPSA) is 60.0 Å². The van der Waals surface area contributed by atoms with Gasteiger partial charge in [-0.25, -0.2) is 5.01 Å². The number of quaternary nitrogens is 2. The summed E-state index contributed by atoms with van der Waals surface area (Å²) in [5.41, 5.74) is 2.42. The quantitative estimate of drug-likeness (QED) is 0.712. The largest absolute Gasteiger partial charge is 0.454 e. The van der Waals surface area contributed by atoms with Crippen LogP contribution in [0.3, 0.4) is 0 Å². The summed E-state index contributed by atoms with van der Waals surface area (Å²) in [6, 6.07) is 16.4. The van der Waals surface area contributed by atoms with Crippen molar-refractivity contribution in [1.82, 2.24) is 5.01 Å². The predicted octanol–water partition coefficient (Wildman–Crippen LogP) is -0.342. The second-order valence-electron chi connectivity index (χ2n) is 8.24. The maximum Gasteiger partial charge on any atom is 0.298 e. The smallest absolute Gasteiger partial charge is 0.298 e. The highest BCUT2D eigenvalue weighted by Crippen LogP contribution is 2.32. The van der Waals surface area contributed by atoms with Crippen molar-refractivity contribution in [1.29, 1.82) is 0 Å². The number of hydrogen-bond donors (Lipinski definition) is 2. The van der Waals surface area contributed by atoms with E-state index in [0.29, 0.717) is 13.3 Å². The van der Waals surface area contributed by atoms with Gasteiger partial charge in [-0.2, -0.15) is 5.10 Å². The van der Waals surface area contributed by atoms with Crippen LogP contribution in [-0.2, 0) is 11.3 Å². The normalized spacial score (nSPS) is 24.9. The first kappa shape index (κ1) is 19.1. The van der Waals surface area contributed by atoms with Crippen LogP contribution in [0.15, 0.2) is 53.6 Å². The lowest BCUT2D eigenvalue weighted by atomic mass is 10.0. The summed E-state index contributed by atoms with van der Waals surface area (Å²) in [7, 11) is 0. The third kappa shape index (κ3) is 4.04. The van der Waals surface area contributed by atoms with E-state index in [0.717, 1.165) is 56.2 Å². The zero-order valence-electron chi connectivity index (χ0n) is 17.0. The Morgan fingerprint density at radius 1 is 1.00 bits per heavy atom. The second kappa shape index (κ2) is 8.45. The van der Waals surface area contributed by atoms with Crippen molar-refractivity contribution >= 4 is 12.1 Å². The highest BCUT2D eigenvalue weighted by molar-refractivity contribution is 5.80. The SMILES string of the molecule is O=C(C[NH+]1CC[NH+](Cc2ccc3c(c2)OCO3)CC1)N1N=CC[C@H]1c1ccccc1. The molecule has 5 rings (SSSR count). The molecule has 3 aliphatic heterocycles. The fourth-order valence-corrected chi connectivity index (χ4v) is 4.55. The van der Waals surface area contributed by atoms with Gasteiger partial charge in [0.15, 0.2) is 18.0 Å². The first-order valence-electron chi connectivity index (χ1n) is 10.7. The van der Waals surface area contributed by atoms with Crippen LogP contribution in [0.5, 0.6) is 11.5 Å². The molecule has 156 valence electrons. The van der Waals surface area contributed by atoms with Crippen molar-refractivity contribution in [2.45, 2.75) is 19.0 Å². The molecule has 30 heavy (non-hydrogen) atoms. The van der Waals surface area contributed by atoms with Gasteiger partial charge in [0, 0.05) is 18.2 Å². The van der Waals surface area contributed by atoms with Gasteiger partial charge in [-0.3, -0.25) is 4.79 Å². The Labute approximate surface area is 176 Å². The number of hydrazone groups is 1. The highest BCUT2D eigenvalue weighted by atomic mass is 16.7. The first-order chi connectivity index (χ1) is 14.8. The Balaban J connectivity index is 1.13. The van der Waals surface area contributed by atoms with E-state index in [-0.39, 0.29) is 11.9 Å². The van der Waals surface area contributed by atoms with Gasteiger partial charge in [0.1, 0.15) is 32.7 Å². The van der Waals surface area contributed by atoms with E-state index in [1.165, 1.54) is 10.5 Å². The summed E-state index contributed by atoms with van der Waals surface area (Å²) in [6.07, 6.45) is 2.65. The highest BCUT2D eigenvalue weighted by Gasteiger charge is 2.32. The molecule has 1 amide bonds. The number of carbonyl (C=O) groups is 1. The number of nitrogens with zero attached hydrogens (tertiary/aromatic N) is 2. The molecule has 1 atom stereocenters. The molecular formula is C23H28N4O3+2. The van der Waals surface area contributed by atoms with Crippen LogP contribution < -0.4 is 19.3 Å². The lowest BCUT2D eigenvalue weighted by Gasteiger charge is -2.30. The Hall–Kier alpha value is -2.90. The van der Waals surface area contributed by atoms with Gasteiger partial charge in [0.05, 0.1) is 6.04 Å². The van der Waals surface area contributed by atoms with E-state index in [4.69, 9.17) is 9.47 Å². The molecule has 3 aliphatic rings. The molecule has 7 heteroatoms. The minimum absolute atomic E-state index is 0.0380. The number of nitrogens with one attached hydrogen (secondary N) is 2. The van der Waals surface area contributed by atoms with E-state index >= 15 is 0 Å². The van der Waals surface area contributed by atoms with Gasteiger partial charge in [0.25, 0.3) is 5.91 Å². The monoisotopic (exact) mass is 408 g/mol. The van der Waals surface area contributed by atoms with Crippen LogP contribution in [0.2, 0.25) is 0 Å². The summed E-state index contributed by atoms with van der Waals surface area (Å²) in [6.45, 7) is 5.92. The number of hydrogen-bond acceptors (Lipinski definition) is 4. The molecule has 0 bridgehead atoms. The average molecular weight is 409 g/mol. The molecule has 2 aromatic carbocycles. The molecule has 0 radical (unpaired) electrons. The molecule has 7 nitrogen and oxygen atoms in total. The number of carbonyl (C=O) groups excluding carboxylic acids is 1. The van der Waals surface area contributed by atoms with Crippen LogP contribution in [-0.4, -0.2) is 56.6 Å². The molecule has 2 aromatic rings. The van der Waals surface area contributed by atoms with Crippen molar-refractivity contribution in [2.75, 3.05) is 39.5 Å². The Kier molecular flexibility index (Phi) is 5.38. The number of amides is 1. The third-order valence-corrected chi connectivity index (χ3v) is 6.23. The minimum atomic E-state index is 0.0380. The van der Waals surface area contributed by atoms with Crippen LogP contribution >= 0.6 is 0 Å². The van der Waals surface area contributed by atoms with Crippen LogP contribution in [0.4, 0.5) is 0 Å². The van der Waals surface area contributed by atoms with Crippen molar-refractivity contribution in [3.8, 4) is 11.5 Å². The number of ether oxygens (including phenoxy) is 2. The number of benzene rings is 2. The molecule has 0 aliphatic carbocycles.